The smallest absolute Gasteiger partial charge is 0.339 e. The van der Waals surface area contributed by atoms with Crippen LogP contribution in [0.25, 0.3) is 0 Å². The molecule has 6 amide bonds. The van der Waals surface area contributed by atoms with Crippen LogP contribution < -0.4 is 16.0 Å². The standard InChI is InChI=1S/C48H59N7O8/c1-53-36-19-16-32(25-36)42(56)50-40(24-31-13-8-5-9-14-31)46(60)54(2)37-20-18-34(27-37)44(58)52-41(29-63-48(62)35-15-10-22-49-28-35)47(61)55(3)38-21-17-33(26-38)43(57)51-39(45(53)59)23-30-11-6-4-7-12-30/h4-15,22,28,32-34,36-41H,16-21,23-27,29H2,1-3H3,(H,50,56)(H,51,57)(H,52,58)/t32-,33-,34-,36+,37+,38+,39-,40-,41-/m1/s1. The van der Waals surface area contributed by atoms with Gasteiger partial charge in [-0.1, -0.05) is 60.7 Å². The Labute approximate surface area is 368 Å². The zero-order valence-electron chi connectivity index (χ0n) is 36.3. The van der Waals surface area contributed by atoms with Crippen LogP contribution in [0.15, 0.2) is 85.2 Å². The quantitative estimate of drug-likeness (QED) is 0.300. The summed E-state index contributed by atoms with van der Waals surface area (Å²) in [6, 6.07) is 18.2. The largest absolute Gasteiger partial charge is 0.459 e. The number of esters is 1. The van der Waals surface area contributed by atoms with Crippen LogP contribution in [0.2, 0.25) is 0 Å². The van der Waals surface area contributed by atoms with Crippen LogP contribution in [0.3, 0.4) is 0 Å². The normalized spacial score (nSPS) is 28.9. The molecule has 1 aromatic heterocycles. The maximum absolute atomic E-state index is 14.4. The Morgan fingerprint density at radius 2 is 0.952 bits per heavy atom. The van der Waals surface area contributed by atoms with Crippen LogP contribution >= 0.6 is 0 Å². The molecule has 3 aromatic rings. The van der Waals surface area contributed by atoms with Gasteiger partial charge in [0.1, 0.15) is 24.7 Å². The molecular weight excluding hydrogens is 803 g/mol. The summed E-state index contributed by atoms with van der Waals surface area (Å²) in [6.45, 7) is -0.437. The van der Waals surface area contributed by atoms with Crippen molar-refractivity contribution in [2.45, 2.75) is 107 Å². The number of rotatable bonds is 7. The molecule has 63 heavy (non-hydrogen) atoms. The minimum atomic E-state index is -1.23. The number of carbonyl (C=O) groups excluding carboxylic acids is 7. The summed E-state index contributed by atoms with van der Waals surface area (Å²) in [4.78, 5) is 107. The van der Waals surface area contributed by atoms with E-state index < -0.39 is 60.3 Å². The molecule has 6 bridgehead atoms. The summed E-state index contributed by atoms with van der Waals surface area (Å²) < 4.78 is 5.58. The lowest BCUT2D eigenvalue weighted by atomic mass is 10.0. The number of ether oxygens (including phenoxy) is 1. The molecule has 3 N–H and O–H groups in total. The number of likely N-dealkylation sites (N-methyl/N-ethyl adjacent to an activating group) is 3. The Balaban J connectivity index is 1.16. The maximum atomic E-state index is 14.4. The molecule has 2 heterocycles. The van der Waals surface area contributed by atoms with Gasteiger partial charge in [-0.2, -0.15) is 0 Å². The lowest BCUT2D eigenvalue weighted by Gasteiger charge is -2.31. The second-order valence-corrected chi connectivity index (χ2v) is 17.7. The molecule has 15 heteroatoms. The van der Waals surface area contributed by atoms with E-state index in [4.69, 9.17) is 4.74 Å². The fourth-order valence-electron chi connectivity index (χ4n) is 9.79. The highest BCUT2D eigenvalue weighted by molar-refractivity contribution is 5.93. The molecule has 4 aliphatic rings. The fourth-order valence-corrected chi connectivity index (χ4v) is 9.79. The third-order valence-corrected chi connectivity index (χ3v) is 13.7. The average Bonchev–Trinajstić information content (AvgIpc) is 4.12. The van der Waals surface area contributed by atoms with Gasteiger partial charge in [0, 0.05) is 82.3 Å². The van der Waals surface area contributed by atoms with Crippen molar-refractivity contribution in [1.82, 2.24) is 35.6 Å². The van der Waals surface area contributed by atoms with E-state index in [0.717, 1.165) is 11.1 Å². The van der Waals surface area contributed by atoms with Gasteiger partial charge in [0.2, 0.25) is 35.4 Å². The van der Waals surface area contributed by atoms with Crippen LogP contribution in [0, 0.1) is 17.8 Å². The zero-order valence-corrected chi connectivity index (χ0v) is 36.3. The van der Waals surface area contributed by atoms with E-state index in [0.29, 0.717) is 57.8 Å². The highest BCUT2D eigenvalue weighted by Crippen LogP contribution is 2.33. The lowest BCUT2D eigenvalue weighted by Crippen LogP contribution is -2.54. The van der Waals surface area contributed by atoms with Crippen LogP contribution in [-0.2, 0) is 46.3 Å². The molecule has 334 valence electrons. The van der Waals surface area contributed by atoms with Crippen molar-refractivity contribution in [2.24, 2.45) is 17.8 Å². The first-order valence-corrected chi connectivity index (χ1v) is 22.2. The molecule has 4 fully saturated rings. The highest BCUT2D eigenvalue weighted by atomic mass is 16.5. The lowest BCUT2D eigenvalue weighted by molar-refractivity contribution is -0.140. The first-order chi connectivity index (χ1) is 30.4. The van der Waals surface area contributed by atoms with Gasteiger partial charge in [0.15, 0.2) is 0 Å². The molecule has 0 radical (unpaired) electrons. The number of hydrogen-bond donors (Lipinski definition) is 3. The van der Waals surface area contributed by atoms with Gasteiger partial charge in [0.25, 0.3) is 0 Å². The minimum absolute atomic E-state index is 0.190. The summed E-state index contributed by atoms with van der Waals surface area (Å²) in [6.07, 6.45) is 7.57. The molecule has 3 saturated carbocycles. The Kier molecular flexibility index (Phi) is 14.5. The Bertz CT molecular complexity index is 2080. The number of benzene rings is 2. The maximum Gasteiger partial charge on any atom is 0.339 e. The molecule has 2 aromatic carbocycles. The van der Waals surface area contributed by atoms with Gasteiger partial charge < -0.3 is 35.4 Å². The van der Waals surface area contributed by atoms with Gasteiger partial charge in [-0.15, -0.1) is 0 Å². The van der Waals surface area contributed by atoms with E-state index in [1.165, 1.54) is 17.3 Å². The topological polar surface area (TPSA) is 187 Å². The second-order valence-electron chi connectivity index (χ2n) is 17.7. The minimum Gasteiger partial charge on any atom is -0.459 e. The van der Waals surface area contributed by atoms with Crippen LogP contribution in [0.4, 0.5) is 0 Å². The van der Waals surface area contributed by atoms with E-state index in [2.05, 4.69) is 20.9 Å². The van der Waals surface area contributed by atoms with E-state index in [1.807, 2.05) is 60.7 Å². The van der Waals surface area contributed by atoms with Crippen molar-refractivity contribution in [3.8, 4) is 0 Å². The number of carbonyl (C=O) groups is 7. The molecule has 15 nitrogen and oxygen atoms in total. The number of amides is 6. The molecule has 3 aliphatic carbocycles. The van der Waals surface area contributed by atoms with Crippen molar-refractivity contribution < 1.29 is 38.3 Å². The van der Waals surface area contributed by atoms with Gasteiger partial charge in [-0.25, -0.2) is 4.79 Å². The summed E-state index contributed by atoms with van der Waals surface area (Å²) >= 11 is 0. The van der Waals surface area contributed by atoms with Gasteiger partial charge >= 0.3 is 5.97 Å². The molecule has 7 rings (SSSR count). The number of nitrogens with one attached hydrogen (secondary N) is 3. The monoisotopic (exact) mass is 861 g/mol. The molecule has 1 aliphatic heterocycles. The van der Waals surface area contributed by atoms with Crippen molar-refractivity contribution in [1.29, 1.82) is 0 Å². The third kappa shape index (κ3) is 10.9. The Morgan fingerprint density at radius 1 is 0.556 bits per heavy atom. The van der Waals surface area contributed by atoms with Crippen molar-refractivity contribution in [2.75, 3.05) is 27.7 Å². The molecule has 0 unspecified atom stereocenters. The first-order valence-electron chi connectivity index (χ1n) is 22.2. The number of hydrogen-bond acceptors (Lipinski definition) is 9. The summed E-state index contributed by atoms with van der Waals surface area (Å²) in [5.74, 6) is -4.11. The molecule has 0 spiro atoms. The SMILES string of the molecule is CN1C(=O)[C@@H](COC(=O)c2cccnc2)NC(=O)[C@@H]2CC[C@@H](C2)N(C)C(=O)[C@@H](Cc2ccccc2)NC(=O)[C@@H]2CC[C@@H](C2)N(C)C(=O)[C@@H](Cc2ccccc2)NC(=O)[C@@H]2CC[C@H]1C2. The van der Waals surface area contributed by atoms with E-state index in [9.17, 15) is 33.6 Å². The predicted molar refractivity (Wildman–Crippen MR) is 232 cm³/mol. The van der Waals surface area contributed by atoms with Crippen LogP contribution in [0.5, 0.6) is 0 Å². The summed E-state index contributed by atoms with van der Waals surface area (Å²) in [7, 11) is 5.05. The average molecular weight is 862 g/mol. The van der Waals surface area contributed by atoms with Crippen molar-refractivity contribution in [3.05, 3.63) is 102 Å². The molecule has 9 atom stereocenters. The van der Waals surface area contributed by atoms with E-state index in [1.54, 1.807) is 43.1 Å². The van der Waals surface area contributed by atoms with Gasteiger partial charge in [-0.05, 0) is 81.0 Å². The molecule has 1 saturated heterocycles. The predicted octanol–water partition coefficient (Wildman–Crippen LogP) is 3.07. The summed E-state index contributed by atoms with van der Waals surface area (Å²) in [5.41, 5.74) is 1.94. The van der Waals surface area contributed by atoms with Gasteiger partial charge in [0.05, 0.1) is 5.56 Å². The fraction of sp³-hybridized carbons (Fsp3) is 0.500. The van der Waals surface area contributed by atoms with Crippen LogP contribution in [0.1, 0.15) is 79.3 Å². The second kappa shape index (κ2) is 20.4. The highest BCUT2D eigenvalue weighted by Gasteiger charge is 2.42. The van der Waals surface area contributed by atoms with Gasteiger partial charge in [-0.3, -0.25) is 33.8 Å². The summed E-state index contributed by atoms with van der Waals surface area (Å²) in [5, 5.41) is 9.00. The van der Waals surface area contributed by atoms with E-state index in [-0.39, 0.29) is 60.2 Å². The number of fused-ring (bicyclic) bond motifs is 6. The molecular formula is C48H59N7O8. The van der Waals surface area contributed by atoms with Crippen LogP contribution in [-0.4, -0.2) is 125 Å². The first kappa shape index (κ1) is 44.9. The Morgan fingerprint density at radius 3 is 1.35 bits per heavy atom. The Hall–Kier alpha value is -6.12. The number of nitrogens with zero attached hydrogens (tertiary/aromatic N) is 4. The zero-order chi connectivity index (χ0) is 44.6. The number of pyridine rings is 1. The van der Waals surface area contributed by atoms with E-state index >= 15 is 0 Å². The third-order valence-electron chi connectivity index (χ3n) is 13.7. The number of aromatic nitrogens is 1. The van der Waals surface area contributed by atoms with Crippen molar-refractivity contribution in [3.63, 3.8) is 0 Å². The van der Waals surface area contributed by atoms with Crippen molar-refractivity contribution >= 4 is 41.4 Å².